The highest BCUT2D eigenvalue weighted by Gasteiger charge is 2.16. The Hall–Kier alpha value is -1.60. The largest absolute Gasteiger partial charge is 0.478 e. The molecule has 1 aromatic rings. The van der Waals surface area contributed by atoms with E-state index in [-0.39, 0.29) is 0 Å². The van der Waals surface area contributed by atoms with E-state index >= 15 is 0 Å². The van der Waals surface area contributed by atoms with E-state index in [2.05, 4.69) is 5.92 Å². The minimum absolute atomic E-state index is 0.313. The second kappa shape index (κ2) is 5.47. The van der Waals surface area contributed by atoms with Gasteiger partial charge in [-0.2, -0.15) is 0 Å². The summed E-state index contributed by atoms with van der Waals surface area (Å²) in [6, 6.07) is 5.39. The number of nitrogens with zero attached hydrogens (tertiary/aromatic N) is 1. The monoisotopic (exact) mass is 235 g/mol. The number of aromatic carboxylic acids is 1. The molecule has 4 heteroatoms. The van der Waals surface area contributed by atoms with Crippen molar-refractivity contribution in [3.8, 4) is 12.3 Å². The summed E-state index contributed by atoms with van der Waals surface area (Å²) in [5.41, 5.74) is 0.963. The van der Waals surface area contributed by atoms with Crippen LogP contribution in [0.5, 0.6) is 0 Å². The van der Waals surface area contributed by atoms with E-state index in [1.54, 1.807) is 24.1 Å². The summed E-state index contributed by atoms with van der Waals surface area (Å²) in [4.78, 5) is 13.7. The summed E-state index contributed by atoms with van der Waals surface area (Å²) in [5, 5.41) is 9.20. The van der Waals surface area contributed by atoms with Gasteiger partial charge in [-0.15, -0.1) is 18.2 Å². The summed E-state index contributed by atoms with van der Waals surface area (Å²) in [5.74, 6) is 1.57. The third kappa shape index (κ3) is 2.50. The van der Waals surface area contributed by atoms with E-state index < -0.39 is 5.97 Å². The molecule has 0 amide bonds. The fraction of sp³-hybridized carbons (Fsp3) is 0.250. The van der Waals surface area contributed by atoms with Crippen LogP contribution in [0.1, 0.15) is 10.4 Å². The molecule has 0 bridgehead atoms. The van der Waals surface area contributed by atoms with Gasteiger partial charge in [-0.25, -0.2) is 4.79 Å². The van der Waals surface area contributed by atoms with Gasteiger partial charge in [0, 0.05) is 11.9 Å². The Morgan fingerprint density at radius 2 is 2.31 bits per heavy atom. The van der Waals surface area contributed by atoms with Gasteiger partial charge in [-0.05, 0) is 18.4 Å². The number of benzene rings is 1. The topological polar surface area (TPSA) is 40.5 Å². The molecule has 0 aliphatic carbocycles. The molecule has 0 aromatic heterocycles. The molecular weight excluding hydrogens is 222 g/mol. The van der Waals surface area contributed by atoms with E-state index in [0.717, 1.165) is 4.90 Å². The SMILES string of the molecule is C#CCN(C)c1cccc(SC)c1C(=O)O. The van der Waals surface area contributed by atoms with Crippen molar-refractivity contribution in [2.45, 2.75) is 4.90 Å². The standard InChI is InChI=1S/C12H13NO2S/c1-4-8-13(2)9-6-5-7-10(16-3)11(9)12(14)15/h1,5-7H,8H2,2-3H3,(H,14,15). The predicted octanol–water partition coefficient (Wildman–Crippen LogP) is 2.18. The van der Waals surface area contributed by atoms with Gasteiger partial charge in [-0.3, -0.25) is 0 Å². The van der Waals surface area contributed by atoms with Crippen molar-refractivity contribution in [2.24, 2.45) is 0 Å². The molecular formula is C12H13NO2S. The van der Waals surface area contributed by atoms with Crippen LogP contribution in [0, 0.1) is 12.3 Å². The Balaban J connectivity index is 3.28. The molecule has 0 fully saturated rings. The van der Waals surface area contributed by atoms with Gasteiger partial charge in [0.1, 0.15) is 0 Å². The maximum atomic E-state index is 11.2. The van der Waals surface area contributed by atoms with E-state index in [4.69, 9.17) is 6.42 Å². The normalized spacial score (nSPS) is 9.56. The number of carboxylic acid groups (broad SMARTS) is 1. The second-order valence-electron chi connectivity index (χ2n) is 3.22. The molecule has 0 saturated carbocycles. The van der Waals surface area contributed by atoms with Crippen LogP contribution in [0.4, 0.5) is 5.69 Å². The summed E-state index contributed by atoms with van der Waals surface area (Å²) < 4.78 is 0. The molecule has 0 aliphatic heterocycles. The fourth-order valence-electron chi connectivity index (χ4n) is 1.44. The fourth-order valence-corrected chi connectivity index (χ4v) is 2.06. The summed E-state index contributed by atoms with van der Waals surface area (Å²) >= 11 is 1.41. The van der Waals surface area contributed by atoms with Crippen molar-refractivity contribution in [1.82, 2.24) is 0 Å². The number of thioether (sulfide) groups is 1. The number of rotatable bonds is 4. The first-order valence-electron chi connectivity index (χ1n) is 4.66. The first-order chi connectivity index (χ1) is 7.61. The minimum Gasteiger partial charge on any atom is -0.478 e. The maximum absolute atomic E-state index is 11.2. The molecule has 3 nitrogen and oxygen atoms in total. The molecule has 0 spiro atoms. The van der Waals surface area contributed by atoms with Crippen LogP contribution in [0.2, 0.25) is 0 Å². The quantitative estimate of drug-likeness (QED) is 0.641. The van der Waals surface area contributed by atoms with Gasteiger partial charge in [0.2, 0.25) is 0 Å². The number of hydrogen-bond acceptors (Lipinski definition) is 3. The summed E-state index contributed by atoms with van der Waals surface area (Å²) in [6.45, 7) is 0.387. The van der Waals surface area contributed by atoms with Gasteiger partial charge in [0.25, 0.3) is 0 Å². The van der Waals surface area contributed by atoms with Crippen LogP contribution in [0.15, 0.2) is 23.1 Å². The van der Waals surface area contributed by atoms with Gasteiger partial charge in [0.15, 0.2) is 0 Å². The number of carbonyl (C=O) groups is 1. The maximum Gasteiger partial charge on any atom is 0.338 e. The van der Waals surface area contributed by atoms with E-state index in [9.17, 15) is 9.90 Å². The Bertz CT molecular complexity index is 437. The molecule has 0 atom stereocenters. The highest BCUT2D eigenvalue weighted by atomic mass is 32.2. The lowest BCUT2D eigenvalue weighted by atomic mass is 10.1. The van der Waals surface area contributed by atoms with Crippen LogP contribution in [-0.2, 0) is 0 Å². The highest BCUT2D eigenvalue weighted by molar-refractivity contribution is 7.98. The summed E-state index contributed by atoms with van der Waals surface area (Å²) in [6.07, 6.45) is 7.07. The van der Waals surface area contributed by atoms with Gasteiger partial charge < -0.3 is 10.0 Å². The number of hydrogen-bond donors (Lipinski definition) is 1. The lowest BCUT2D eigenvalue weighted by Crippen LogP contribution is -2.20. The van der Waals surface area contributed by atoms with Crippen molar-refractivity contribution in [2.75, 3.05) is 24.7 Å². The van der Waals surface area contributed by atoms with E-state index in [1.807, 2.05) is 12.3 Å². The molecule has 84 valence electrons. The lowest BCUT2D eigenvalue weighted by Gasteiger charge is -2.19. The Labute approximate surface area is 99.5 Å². The Morgan fingerprint density at radius 3 is 2.81 bits per heavy atom. The van der Waals surface area contributed by atoms with Crippen molar-refractivity contribution < 1.29 is 9.90 Å². The van der Waals surface area contributed by atoms with Crippen molar-refractivity contribution in [1.29, 1.82) is 0 Å². The first kappa shape index (κ1) is 12.5. The average molecular weight is 235 g/mol. The average Bonchev–Trinajstić information content (AvgIpc) is 2.28. The number of terminal acetylenes is 1. The molecule has 0 unspecified atom stereocenters. The van der Waals surface area contributed by atoms with Crippen LogP contribution < -0.4 is 4.90 Å². The van der Waals surface area contributed by atoms with Crippen molar-refractivity contribution in [3.63, 3.8) is 0 Å². The molecule has 1 rings (SSSR count). The smallest absolute Gasteiger partial charge is 0.338 e. The zero-order valence-corrected chi connectivity index (χ0v) is 10.0. The van der Waals surface area contributed by atoms with E-state index in [0.29, 0.717) is 17.8 Å². The van der Waals surface area contributed by atoms with Crippen LogP contribution in [-0.4, -0.2) is 30.9 Å². The van der Waals surface area contributed by atoms with Crippen LogP contribution in [0.25, 0.3) is 0 Å². The third-order valence-electron chi connectivity index (χ3n) is 2.18. The Morgan fingerprint density at radius 1 is 1.62 bits per heavy atom. The van der Waals surface area contributed by atoms with Crippen LogP contribution >= 0.6 is 11.8 Å². The molecule has 0 saturated heterocycles. The van der Waals surface area contributed by atoms with E-state index in [1.165, 1.54) is 11.8 Å². The summed E-state index contributed by atoms with van der Waals surface area (Å²) in [7, 11) is 1.78. The van der Waals surface area contributed by atoms with Gasteiger partial charge in [0.05, 0.1) is 17.8 Å². The lowest BCUT2D eigenvalue weighted by molar-refractivity contribution is 0.0694. The Kier molecular flexibility index (Phi) is 4.27. The van der Waals surface area contributed by atoms with Crippen molar-refractivity contribution >= 4 is 23.4 Å². The molecule has 0 radical (unpaired) electrons. The zero-order chi connectivity index (χ0) is 12.1. The minimum atomic E-state index is -0.927. The number of carboxylic acids is 1. The molecule has 1 aromatic carbocycles. The highest BCUT2D eigenvalue weighted by Crippen LogP contribution is 2.28. The van der Waals surface area contributed by atoms with Gasteiger partial charge in [-0.1, -0.05) is 12.0 Å². The first-order valence-corrected chi connectivity index (χ1v) is 5.89. The third-order valence-corrected chi connectivity index (χ3v) is 2.96. The molecule has 16 heavy (non-hydrogen) atoms. The molecule has 1 N–H and O–H groups in total. The van der Waals surface area contributed by atoms with Crippen LogP contribution in [0.3, 0.4) is 0 Å². The number of anilines is 1. The van der Waals surface area contributed by atoms with Crippen molar-refractivity contribution in [3.05, 3.63) is 23.8 Å². The zero-order valence-electron chi connectivity index (χ0n) is 9.23. The predicted molar refractivity (Wildman–Crippen MR) is 67.3 cm³/mol. The molecule has 0 heterocycles. The van der Waals surface area contributed by atoms with Gasteiger partial charge >= 0.3 is 5.97 Å². The molecule has 0 aliphatic rings. The second-order valence-corrected chi connectivity index (χ2v) is 4.07.